The molecule has 190 valence electrons. The molecule has 5 aromatic rings. The lowest BCUT2D eigenvalue weighted by Gasteiger charge is -2.16. The van der Waals surface area contributed by atoms with E-state index in [2.05, 4.69) is 29.6 Å². The van der Waals surface area contributed by atoms with Crippen LogP contribution in [0.3, 0.4) is 0 Å². The van der Waals surface area contributed by atoms with E-state index in [0.717, 1.165) is 11.1 Å². The van der Waals surface area contributed by atoms with Crippen LogP contribution in [0.25, 0.3) is 16.9 Å². The Hall–Kier alpha value is -4.42. The topological polar surface area (TPSA) is 81.9 Å². The zero-order valence-electron chi connectivity index (χ0n) is 20.6. The van der Waals surface area contributed by atoms with Crippen LogP contribution >= 0.6 is 9.24 Å². The molecule has 0 bridgehead atoms. The summed E-state index contributed by atoms with van der Waals surface area (Å²) in [4.78, 5) is 21.3. The van der Waals surface area contributed by atoms with Crippen molar-refractivity contribution in [2.45, 2.75) is 18.9 Å². The molecule has 0 saturated carbocycles. The van der Waals surface area contributed by atoms with Gasteiger partial charge >= 0.3 is 0 Å². The SMILES string of the molecule is CC(F)(P)c1cc(-c2cccnc2)nn1-c1ccc(NC(=O)c2cccc(OCc3ccccc3)c2)nc1. The van der Waals surface area contributed by atoms with E-state index in [0.29, 0.717) is 40.8 Å². The lowest BCUT2D eigenvalue weighted by Crippen LogP contribution is -2.15. The Bertz CT molecular complexity index is 1540. The van der Waals surface area contributed by atoms with Gasteiger partial charge in [0.25, 0.3) is 5.91 Å². The molecular formula is C29H25FN5O2P. The van der Waals surface area contributed by atoms with E-state index in [-0.39, 0.29) is 5.91 Å². The van der Waals surface area contributed by atoms with E-state index in [1.807, 2.05) is 36.4 Å². The van der Waals surface area contributed by atoms with Crippen molar-refractivity contribution in [1.29, 1.82) is 0 Å². The lowest BCUT2D eigenvalue weighted by molar-refractivity contribution is 0.102. The summed E-state index contributed by atoms with van der Waals surface area (Å²) in [5, 5.41) is 5.65. The predicted octanol–water partition coefficient (Wildman–Crippen LogP) is 6.18. The van der Waals surface area contributed by atoms with Crippen LogP contribution in [0.1, 0.15) is 28.5 Å². The highest BCUT2D eigenvalue weighted by Gasteiger charge is 2.27. The number of ether oxygens (including phenoxy) is 1. The van der Waals surface area contributed by atoms with Gasteiger partial charge in [-0.15, -0.1) is 0 Å². The summed E-state index contributed by atoms with van der Waals surface area (Å²) >= 11 is 0. The van der Waals surface area contributed by atoms with E-state index in [4.69, 9.17) is 4.74 Å². The van der Waals surface area contributed by atoms with E-state index < -0.39 is 5.41 Å². The maximum absolute atomic E-state index is 15.0. The quantitative estimate of drug-likeness (QED) is 0.245. The molecule has 0 saturated heterocycles. The fraction of sp³-hybridized carbons (Fsp3) is 0.103. The Morgan fingerprint density at radius 1 is 1.03 bits per heavy atom. The van der Waals surface area contributed by atoms with Gasteiger partial charge in [-0.3, -0.25) is 9.78 Å². The first kappa shape index (κ1) is 25.2. The van der Waals surface area contributed by atoms with Crippen LogP contribution in [0.2, 0.25) is 0 Å². The molecule has 5 rings (SSSR count). The number of nitrogens with one attached hydrogen (secondary N) is 1. The number of nitrogens with zero attached hydrogens (tertiary/aromatic N) is 4. The summed E-state index contributed by atoms with van der Waals surface area (Å²) in [6, 6.07) is 25.5. The second-order valence-corrected chi connectivity index (χ2v) is 9.89. The summed E-state index contributed by atoms with van der Waals surface area (Å²) in [7, 11) is 2.20. The smallest absolute Gasteiger partial charge is 0.256 e. The minimum absolute atomic E-state index is 0.324. The molecule has 3 aromatic heterocycles. The molecule has 1 amide bonds. The van der Waals surface area contributed by atoms with E-state index in [1.165, 1.54) is 17.8 Å². The first-order valence-electron chi connectivity index (χ1n) is 11.9. The van der Waals surface area contributed by atoms with Crippen molar-refractivity contribution in [1.82, 2.24) is 19.7 Å². The number of halogens is 1. The predicted molar refractivity (Wildman–Crippen MR) is 148 cm³/mol. The molecule has 0 spiro atoms. The van der Waals surface area contributed by atoms with Crippen LogP contribution in [0.4, 0.5) is 10.2 Å². The third-order valence-electron chi connectivity index (χ3n) is 5.75. The molecular weight excluding hydrogens is 500 g/mol. The highest BCUT2D eigenvalue weighted by Crippen LogP contribution is 2.36. The van der Waals surface area contributed by atoms with Crippen LogP contribution in [0.15, 0.2) is 104 Å². The summed E-state index contributed by atoms with van der Waals surface area (Å²) in [5.74, 6) is 0.618. The average Bonchev–Trinajstić information content (AvgIpc) is 3.40. The second-order valence-electron chi connectivity index (χ2n) is 8.80. The molecule has 7 nitrogen and oxygen atoms in total. The van der Waals surface area contributed by atoms with Crippen LogP contribution in [0.5, 0.6) is 5.75 Å². The van der Waals surface area contributed by atoms with Gasteiger partial charge in [0.2, 0.25) is 0 Å². The standard InChI is InChI=1S/C29H25FN5O2P/c1-29(30,38)26-16-25(22-10-6-14-31-17-22)34-35(26)23-12-13-27(32-18-23)33-28(36)21-9-5-11-24(15-21)37-19-20-7-3-2-4-8-20/h2-18H,19,38H2,1H3,(H,32,33,36). The number of rotatable bonds is 8. The number of hydrogen-bond donors (Lipinski definition) is 1. The zero-order valence-corrected chi connectivity index (χ0v) is 21.7. The first-order chi connectivity index (χ1) is 18.4. The van der Waals surface area contributed by atoms with Crippen molar-refractivity contribution in [3.63, 3.8) is 0 Å². The second kappa shape index (κ2) is 10.9. The maximum atomic E-state index is 15.0. The van der Waals surface area contributed by atoms with Crippen molar-refractivity contribution in [3.05, 3.63) is 120 Å². The number of amides is 1. The maximum Gasteiger partial charge on any atom is 0.256 e. The van der Waals surface area contributed by atoms with Crippen LogP contribution in [-0.2, 0) is 12.0 Å². The number of alkyl halides is 1. The highest BCUT2D eigenvalue weighted by molar-refractivity contribution is 7.18. The number of anilines is 1. The fourth-order valence-corrected chi connectivity index (χ4v) is 4.03. The Morgan fingerprint density at radius 2 is 1.87 bits per heavy atom. The van der Waals surface area contributed by atoms with Gasteiger partial charge in [0.15, 0.2) is 5.41 Å². The molecule has 38 heavy (non-hydrogen) atoms. The Balaban J connectivity index is 1.31. The lowest BCUT2D eigenvalue weighted by atomic mass is 10.2. The van der Waals surface area contributed by atoms with Crippen molar-refractivity contribution < 1.29 is 13.9 Å². The first-order valence-corrected chi connectivity index (χ1v) is 12.5. The van der Waals surface area contributed by atoms with Gasteiger partial charge in [0.1, 0.15) is 18.2 Å². The molecule has 2 unspecified atom stereocenters. The summed E-state index contributed by atoms with van der Waals surface area (Å²) in [6.45, 7) is 1.85. The van der Waals surface area contributed by atoms with Crippen molar-refractivity contribution in [3.8, 4) is 22.7 Å². The summed E-state index contributed by atoms with van der Waals surface area (Å²) < 4.78 is 22.3. The Kier molecular flexibility index (Phi) is 7.24. The van der Waals surface area contributed by atoms with Crippen molar-refractivity contribution in [2.75, 3.05) is 5.32 Å². The van der Waals surface area contributed by atoms with Gasteiger partial charge in [-0.1, -0.05) is 45.6 Å². The number of pyridine rings is 2. The molecule has 2 atom stereocenters. The number of carbonyl (C=O) groups is 1. The molecule has 0 aliphatic heterocycles. The van der Waals surface area contributed by atoms with Crippen molar-refractivity contribution >= 4 is 21.0 Å². The highest BCUT2D eigenvalue weighted by atomic mass is 31.0. The third kappa shape index (κ3) is 5.93. The normalized spacial score (nSPS) is 12.5. The van der Waals surface area contributed by atoms with Gasteiger partial charge in [-0.05, 0) is 61.0 Å². The average molecular weight is 526 g/mol. The Labute approximate surface area is 221 Å². The van der Waals surface area contributed by atoms with E-state index in [1.54, 1.807) is 60.9 Å². The molecule has 0 aliphatic carbocycles. The molecule has 2 aromatic carbocycles. The molecule has 1 N–H and O–H groups in total. The summed E-state index contributed by atoms with van der Waals surface area (Å²) in [6.07, 6.45) is 4.88. The number of hydrogen-bond acceptors (Lipinski definition) is 5. The molecule has 0 radical (unpaired) electrons. The third-order valence-corrected chi connectivity index (χ3v) is 6.04. The minimum Gasteiger partial charge on any atom is -0.489 e. The molecule has 0 fully saturated rings. The van der Waals surface area contributed by atoms with Gasteiger partial charge in [-0.25, -0.2) is 14.1 Å². The van der Waals surface area contributed by atoms with Crippen LogP contribution in [0, 0.1) is 0 Å². The number of benzene rings is 2. The number of aromatic nitrogens is 4. The van der Waals surface area contributed by atoms with Crippen molar-refractivity contribution in [2.24, 2.45) is 0 Å². The molecule has 9 heteroatoms. The Morgan fingerprint density at radius 3 is 2.58 bits per heavy atom. The van der Waals surface area contributed by atoms with E-state index in [9.17, 15) is 4.79 Å². The van der Waals surface area contributed by atoms with Crippen LogP contribution in [-0.4, -0.2) is 25.7 Å². The monoisotopic (exact) mass is 525 g/mol. The van der Waals surface area contributed by atoms with Gasteiger partial charge in [-0.2, -0.15) is 5.10 Å². The fourth-order valence-electron chi connectivity index (χ4n) is 3.82. The molecule has 3 heterocycles. The molecule has 0 aliphatic rings. The van der Waals surface area contributed by atoms with E-state index >= 15 is 4.39 Å². The number of carbonyl (C=O) groups excluding carboxylic acids is 1. The van der Waals surface area contributed by atoms with Gasteiger partial charge in [0, 0.05) is 23.5 Å². The van der Waals surface area contributed by atoms with Crippen LogP contribution < -0.4 is 10.1 Å². The minimum atomic E-state index is -1.73. The van der Waals surface area contributed by atoms with Gasteiger partial charge in [0.05, 0.1) is 23.3 Å². The van der Waals surface area contributed by atoms with Gasteiger partial charge < -0.3 is 10.1 Å². The largest absolute Gasteiger partial charge is 0.489 e. The zero-order chi connectivity index (χ0) is 26.5. The summed E-state index contributed by atoms with van der Waals surface area (Å²) in [5.41, 5.74) is 3.73.